The number of aromatic nitrogens is 2. The van der Waals surface area contributed by atoms with Gasteiger partial charge in [0, 0.05) is 39.7 Å². The summed E-state index contributed by atoms with van der Waals surface area (Å²) in [4.78, 5) is 43.5. The van der Waals surface area contributed by atoms with Crippen molar-refractivity contribution in [1.29, 1.82) is 0 Å². The molecule has 1 amide bonds. The van der Waals surface area contributed by atoms with Gasteiger partial charge < -0.3 is 5.32 Å². The zero-order valence-corrected chi connectivity index (χ0v) is 19.3. The van der Waals surface area contributed by atoms with Gasteiger partial charge in [-0.25, -0.2) is 4.98 Å². The molecule has 2 aromatic carbocycles. The summed E-state index contributed by atoms with van der Waals surface area (Å²) >= 11 is 7.53. The third-order valence-corrected chi connectivity index (χ3v) is 6.87. The minimum Gasteiger partial charge on any atom is -0.325 e. The number of hydrogen-bond acceptors (Lipinski definition) is 5. The number of ketones is 1. The Morgan fingerprint density at radius 3 is 2.69 bits per heavy atom. The van der Waals surface area contributed by atoms with Gasteiger partial charge in [0.25, 0.3) is 5.56 Å². The van der Waals surface area contributed by atoms with Gasteiger partial charge in [0.05, 0.1) is 11.6 Å². The number of aryl methyl sites for hydroxylation is 1. The number of benzene rings is 2. The van der Waals surface area contributed by atoms with Gasteiger partial charge in [-0.3, -0.25) is 19.0 Å². The summed E-state index contributed by atoms with van der Waals surface area (Å²) < 4.78 is 1.59. The number of thioether (sulfide) groups is 1. The molecular formula is C24H22ClN3O3S. The van der Waals surface area contributed by atoms with E-state index in [0.29, 0.717) is 44.7 Å². The molecule has 0 aliphatic carbocycles. The van der Waals surface area contributed by atoms with E-state index in [-0.39, 0.29) is 23.8 Å². The number of carbonyl (C=O) groups excluding carboxylic acids is 2. The van der Waals surface area contributed by atoms with E-state index in [4.69, 9.17) is 11.6 Å². The van der Waals surface area contributed by atoms with Crippen molar-refractivity contribution in [2.75, 3.05) is 11.1 Å². The second-order valence-electron chi connectivity index (χ2n) is 7.61. The van der Waals surface area contributed by atoms with Crippen LogP contribution in [0.3, 0.4) is 0 Å². The zero-order chi connectivity index (χ0) is 22.8. The molecular weight excluding hydrogens is 446 g/mol. The maximum atomic E-state index is 13.1. The van der Waals surface area contributed by atoms with Crippen molar-refractivity contribution in [3.8, 4) is 0 Å². The molecule has 0 saturated carbocycles. The number of hydrogen-bond donors (Lipinski definition) is 1. The van der Waals surface area contributed by atoms with Crippen LogP contribution in [0.15, 0.2) is 58.5 Å². The van der Waals surface area contributed by atoms with Crippen molar-refractivity contribution < 1.29 is 9.59 Å². The van der Waals surface area contributed by atoms with E-state index < -0.39 is 5.92 Å². The average Bonchev–Trinajstić information content (AvgIpc) is 2.80. The Bertz CT molecular complexity index is 1260. The number of nitrogens with zero attached hydrogens (tertiary/aromatic N) is 2. The summed E-state index contributed by atoms with van der Waals surface area (Å²) in [7, 11) is 0. The predicted octanol–water partition coefficient (Wildman–Crippen LogP) is 4.36. The lowest BCUT2D eigenvalue weighted by Crippen LogP contribution is -2.38. The molecule has 1 aliphatic heterocycles. The zero-order valence-electron chi connectivity index (χ0n) is 17.7. The van der Waals surface area contributed by atoms with Crippen LogP contribution in [-0.2, 0) is 17.8 Å². The number of anilines is 1. The van der Waals surface area contributed by atoms with Crippen LogP contribution in [-0.4, -0.2) is 27.0 Å². The lowest BCUT2D eigenvalue weighted by atomic mass is 10.0. The van der Waals surface area contributed by atoms with Gasteiger partial charge in [-0.1, -0.05) is 60.6 Å². The number of rotatable bonds is 5. The molecule has 1 aliphatic rings. The van der Waals surface area contributed by atoms with Crippen LogP contribution in [0.5, 0.6) is 0 Å². The second kappa shape index (κ2) is 9.30. The highest BCUT2D eigenvalue weighted by Crippen LogP contribution is 2.28. The Balaban J connectivity index is 1.60. The summed E-state index contributed by atoms with van der Waals surface area (Å²) in [5, 5.41) is 3.93. The van der Waals surface area contributed by atoms with Crippen LogP contribution in [0, 0.1) is 12.8 Å². The largest absolute Gasteiger partial charge is 0.325 e. The lowest BCUT2D eigenvalue weighted by Gasteiger charge is -2.25. The Kier molecular flexibility index (Phi) is 6.48. The standard InChI is InChI=1S/C24H22ClN3O3S/c1-3-18-14(2)26-24-28(23(18)31)12-16(13-32-24)22(30)27-20-10-9-17(25)11-19(20)21(29)15-7-5-4-6-8-15/h4-11,16H,3,12-13H2,1-2H3,(H,27,30). The first kappa shape index (κ1) is 22.3. The van der Waals surface area contributed by atoms with E-state index in [9.17, 15) is 14.4 Å². The molecule has 1 unspecified atom stereocenters. The van der Waals surface area contributed by atoms with Gasteiger partial charge in [-0.05, 0) is 31.5 Å². The SMILES string of the molecule is CCc1c(C)nc2n(c1=O)CC(C(=O)Nc1ccc(Cl)cc1C(=O)c1ccccc1)CS2. The van der Waals surface area contributed by atoms with E-state index in [1.165, 1.54) is 11.8 Å². The molecule has 6 nitrogen and oxygen atoms in total. The first-order chi connectivity index (χ1) is 15.4. The van der Waals surface area contributed by atoms with Crippen molar-refractivity contribution in [3.05, 3.63) is 86.3 Å². The Hall–Kier alpha value is -2.90. The van der Waals surface area contributed by atoms with Gasteiger partial charge in [0.2, 0.25) is 5.91 Å². The van der Waals surface area contributed by atoms with Gasteiger partial charge >= 0.3 is 0 Å². The van der Waals surface area contributed by atoms with Crippen LogP contribution in [0.2, 0.25) is 5.02 Å². The molecule has 32 heavy (non-hydrogen) atoms. The maximum absolute atomic E-state index is 13.1. The molecule has 0 radical (unpaired) electrons. The van der Waals surface area contributed by atoms with Crippen LogP contribution >= 0.6 is 23.4 Å². The molecule has 1 atom stereocenters. The van der Waals surface area contributed by atoms with Crippen molar-refractivity contribution in [3.63, 3.8) is 0 Å². The highest BCUT2D eigenvalue weighted by molar-refractivity contribution is 7.99. The minimum atomic E-state index is -0.435. The molecule has 0 saturated heterocycles. The number of fused-ring (bicyclic) bond motifs is 1. The van der Waals surface area contributed by atoms with E-state index >= 15 is 0 Å². The fourth-order valence-electron chi connectivity index (χ4n) is 3.75. The fourth-order valence-corrected chi connectivity index (χ4v) is 5.05. The Labute approximate surface area is 195 Å². The molecule has 0 spiro atoms. The molecule has 0 bridgehead atoms. The van der Waals surface area contributed by atoms with Crippen LogP contribution in [0.4, 0.5) is 5.69 Å². The molecule has 164 valence electrons. The van der Waals surface area contributed by atoms with E-state index in [0.717, 1.165) is 5.69 Å². The summed E-state index contributed by atoms with van der Waals surface area (Å²) in [6.45, 7) is 4.01. The first-order valence-corrected chi connectivity index (χ1v) is 11.7. The van der Waals surface area contributed by atoms with E-state index in [1.54, 1.807) is 47.0 Å². The van der Waals surface area contributed by atoms with Crippen molar-refractivity contribution >= 4 is 40.7 Å². The van der Waals surface area contributed by atoms with Crippen LogP contribution in [0.25, 0.3) is 0 Å². The smallest absolute Gasteiger partial charge is 0.257 e. The Morgan fingerprint density at radius 2 is 1.97 bits per heavy atom. The molecule has 4 rings (SSSR count). The maximum Gasteiger partial charge on any atom is 0.257 e. The number of carbonyl (C=O) groups is 2. The quantitative estimate of drug-likeness (QED) is 0.445. The minimum absolute atomic E-state index is 0.0913. The molecule has 3 aromatic rings. The molecule has 8 heteroatoms. The summed E-state index contributed by atoms with van der Waals surface area (Å²) in [6, 6.07) is 13.7. The van der Waals surface area contributed by atoms with Gasteiger partial charge in [0.15, 0.2) is 10.9 Å². The second-order valence-corrected chi connectivity index (χ2v) is 9.03. The molecule has 0 fully saturated rings. The normalized spacial score (nSPS) is 15.2. The van der Waals surface area contributed by atoms with E-state index in [2.05, 4.69) is 10.3 Å². The van der Waals surface area contributed by atoms with Crippen LogP contribution in [0.1, 0.15) is 34.1 Å². The summed E-state index contributed by atoms with van der Waals surface area (Å²) in [5.41, 5.74) is 2.54. The predicted molar refractivity (Wildman–Crippen MR) is 127 cm³/mol. The first-order valence-electron chi connectivity index (χ1n) is 10.3. The number of nitrogens with one attached hydrogen (secondary N) is 1. The van der Waals surface area contributed by atoms with Crippen LogP contribution < -0.4 is 10.9 Å². The van der Waals surface area contributed by atoms with Gasteiger partial charge in [0.1, 0.15) is 0 Å². The van der Waals surface area contributed by atoms with Gasteiger partial charge in [-0.15, -0.1) is 0 Å². The average molecular weight is 468 g/mol. The summed E-state index contributed by atoms with van der Waals surface area (Å²) in [6.07, 6.45) is 0.592. The monoisotopic (exact) mass is 467 g/mol. The third kappa shape index (κ3) is 4.36. The highest BCUT2D eigenvalue weighted by atomic mass is 35.5. The molecule has 1 aromatic heterocycles. The lowest BCUT2D eigenvalue weighted by molar-refractivity contribution is -0.119. The highest BCUT2D eigenvalue weighted by Gasteiger charge is 2.29. The van der Waals surface area contributed by atoms with E-state index in [1.807, 2.05) is 19.9 Å². The Morgan fingerprint density at radius 1 is 1.22 bits per heavy atom. The number of amides is 1. The van der Waals surface area contributed by atoms with Crippen molar-refractivity contribution in [1.82, 2.24) is 9.55 Å². The summed E-state index contributed by atoms with van der Waals surface area (Å²) in [5.74, 6) is -0.415. The van der Waals surface area contributed by atoms with Crippen molar-refractivity contribution in [2.45, 2.75) is 32.0 Å². The topological polar surface area (TPSA) is 81.1 Å². The fraction of sp³-hybridized carbons (Fsp3) is 0.250. The van der Waals surface area contributed by atoms with Gasteiger partial charge in [-0.2, -0.15) is 0 Å². The molecule has 2 heterocycles. The third-order valence-electron chi connectivity index (χ3n) is 5.50. The molecule has 1 N–H and O–H groups in total. The number of halogens is 1. The van der Waals surface area contributed by atoms with Crippen molar-refractivity contribution in [2.24, 2.45) is 5.92 Å².